The van der Waals surface area contributed by atoms with Crippen LogP contribution in [-0.2, 0) is 28.7 Å². The lowest BCUT2D eigenvalue weighted by Gasteiger charge is -2.46. The van der Waals surface area contributed by atoms with E-state index in [1.807, 2.05) is 54.6 Å². The van der Waals surface area contributed by atoms with Gasteiger partial charge in [-0.05, 0) is 37.1 Å². The number of nitrogens with zero attached hydrogens (tertiary/aromatic N) is 2. The van der Waals surface area contributed by atoms with E-state index >= 15 is 0 Å². The summed E-state index contributed by atoms with van der Waals surface area (Å²) in [6.45, 7) is 5.14. The van der Waals surface area contributed by atoms with Crippen LogP contribution in [0.1, 0.15) is 37.8 Å². The van der Waals surface area contributed by atoms with Crippen molar-refractivity contribution in [2.75, 3.05) is 31.2 Å². The van der Waals surface area contributed by atoms with Gasteiger partial charge in [-0.25, -0.2) is 0 Å². The minimum absolute atomic E-state index is 0.0132. The number of fused-ring (bicyclic) bond motifs is 3. The van der Waals surface area contributed by atoms with Gasteiger partial charge in [-0.1, -0.05) is 48.5 Å². The van der Waals surface area contributed by atoms with Gasteiger partial charge in [0, 0.05) is 31.1 Å². The summed E-state index contributed by atoms with van der Waals surface area (Å²) >= 11 is 0. The van der Waals surface area contributed by atoms with Crippen molar-refractivity contribution in [1.82, 2.24) is 4.90 Å². The maximum atomic E-state index is 14.1. The topological polar surface area (TPSA) is 93.2 Å². The Morgan fingerprint density at radius 1 is 1.06 bits per heavy atom. The summed E-state index contributed by atoms with van der Waals surface area (Å²) in [4.78, 5) is 55.0. The molecule has 2 aliphatic heterocycles. The van der Waals surface area contributed by atoms with E-state index in [-0.39, 0.29) is 38.1 Å². The van der Waals surface area contributed by atoms with Crippen LogP contribution in [0.5, 0.6) is 0 Å². The van der Waals surface area contributed by atoms with Crippen LogP contribution in [0, 0.1) is 5.92 Å². The van der Waals surface area contributed by atoms with Crippen molar-refractivity contribution < 1.29 is 28.7 Å². The Morgan fingerprint density at radius 2 is 1.75 bits per heavy atom. The molecule has 0 saturated carbocycles. The number of ether oxygens (including phenoxy) is 2. The van der Waals surface area contributed by atoms with Crippen LogP contribution < -0.4 is 4.90 Å². The zero-order valence-corrected chi connectivity index (χ0v) is 20.7. The molecule has 0 aromatic heterocycles. The first-order chi connectivity index (χ1) is 17.3. The molecule has 1 fully saturated rings. The fourth-order valence-corrected chi connectivity index (χ4v) is 5.30. The van der Waals surface area contributed by atoms with Gasteiger partial charge < -0.3 is 19.3 Å². The number of carbonyl (C=O) groups is 4. The highest BCUT2D eigenvalue weighted by molar-refractivity contribution is 6.08. The lowest BCUT2D eigenvalue weighted by Crippen LogP contribution is -2.62. The van der Waals surface area contributed by atoms with Gasteiger partial charge in [0.25, 0.3) is 5.91 Å². The summed E-state index contributed by atoms with van der Waals surface area (Å²) < 4.78 is 10.5. The van der Waals surface area contributed by atoms with Crippen LogP contribution in [0.15, 0.2) is 60.7 Å². The van der Waals surface area contributed by atoms with Crippen LogP contribution in [0.2, 0.25) is 0 Å². The Kier molecular flexibility index (Phi) is 7.24. The van der Waals surface area contributed by atoms with E-state index in [9.17, 15) is 19.2 Å². The van der Waals surface area contributed by atoms with E-state index in [1.54, 1.807) is 24.8 Å². The third-order valence-electron chi connectivity index (χ3n) is 6.88. The van der Waals surface area contributed by atoms with Crippen LogP contribution >= 0.6 is 0 Å². The molecule has 2 amide bonds. The van der Waals surface area contributed by atoms with Crippen molar-refractivity contribution in [3.63, 3.8) is 0 Å². The van der Waals surface area contributed by atoms with Crippen LogP contribution in [0.4, 0.5) is 5.69 Å². The normalized spacial score (nSPS) is 22.8. The maximum Gasteiger partial charge on any atom is 0.311 e. The largest absolute Gasteiger partial charge is 0.466 e. The van der Waals surface area contributed by atoms with Crippen LogP contribution in [-0.4, -0.2) is 60.5 Å². The lowest BCUT2D eigenvalue weighted by atomic mass is 9.72. The monoisotopic (exact) mass is 490 g/mol. The Morgan fingerprint density at radius 3 is 2.44 bits per heavy atom. The lowest BCUT2D eigenvalue weighted by molar-refractivity contribution is -0.148. The Hall–Kier alpha value is -3.94. The van der Waals surface area contributed by atoms with E-state index in [1.165, 1.54) is 17.9 Å². The Labute approximate surface area is 210 Å². The number of benzene rings is 2. The first-order valence-corrected chi connectivity index (χ1v) is 12.0. The number of likely N-dealkylation sites (tertiary alicyclic amines) is 1. The molecular formula is C28H30N2O6. The van der Waals surface area contributed by atoms with E-state index < -0.39 is 29.3 Å². The van der Waals surface area contributed by atoms with Crippen molar-refractivity contribution in [2.24, 2.45) is 5.92 Å². The molecule has 2 aromatic carbocycles. The summed E-state index contributed by atoms with van der Waals surface area (Å²) in [5.41, 5.74) is 0.931. The molecule has 8 heteroatoms. The van der Waals surface area contributed by atoms with Gasteiger partial charge in [-0.15, -0.1) is 0 Å². The third kappa shape index (κ3) is 4.51. The molecule has 2 aromatic rings. The van der Waals surface area contributed by atoms with Gasteiger partial charge in [-0.3, -0.25) is 19.2 Å². The molecule has 0 radical (unpaired) electrons. The van der Waals surface area contributed by atoms with Crippen molar-refractivity contribution in [1.29, 1.82) is 0 Å². The van der Waals surface area contributed by atoms with E-state index in [2.05, 4.69) is 0 Å². The van der Waals surface area contributed by atoms with Gasteiger partial charge in [-0.2, -0.15) is 0 Å². The van der Waals surface area contributed by atoms with Gasteiger partial charge >= 0.3 is 11.9 Å². The minimum atomic E-state index is -1.33. The number of rotatable bonds is 7. The van der Waals surface area contributed by atoms with Crippen molar-refractivity contribution in [3.05, 3.63) is 71.8 Å². The van der Waals surface area contributed by atoms with E-state index in [4.69, 9.17) is 9.47 Å². The average molecular weight is 491 g/mol. The van der Waals surface area contributed by atoms with Crippen molar-refractivity contribution in [3.8, 4) is 0 Å². The molecule has 1 saturated heterocycles. The number of hydrogen-bond acceptors (Lipinski definition) is 6. The SMILES string of the molecule is CCOC(=O)[C@H]1CN(C(=O)/C=C/c2ccccc2)[C@]2(C)C(=O)N(CCOC(C)=O)c3ccccc3[C@H]12. The first-order valence-electron chi connectivity index (χ1n) is 12.0. The summed E-state index contributed by atoms with van der Waals surface area (Å²) in [5, 5.41) is 0. The molecule has 0 bridgehead atoms. The highest BCUT2D eigenvalue weighted by Gasteiger charge is 2.63. The fraction of sp³-hybridized carbons (Fsp3) is 0.357. The highest BCUT2D eigenvalue weighted by Crippen LogP contribution is 2.53. The Bertz CT molecular complexity index is 1190. The second-order valence-electron chi connectivity index (χ2n) is 9.03. The minimum Gasteiger partial charge on any atom is -0.466 e. The number of esters is 2. The molecule has 4 rings (SSSR count). The maximum absolute atomic E-state index is 14.1. The molecule has 0 N–H and O–H groups in total. The average Bonchev–Trinajstić information content (AvgIpc) is 3.20. The predicted octanol–water partition coefficient (Wildman–Crippen LogP) is 3.17. The molecule has 2 aliphatic rings. The summed E-state index contributed by atoms with van der Waals surface area (Å²) in [6.07, 6.45) is 3.13. The molecule has 2 heterocycles. The molecule has 0 unspecified atom stereocenters. The standard InChI is InChI=1S/C28H30N2O6/c1-4-35-26(33)22-18-30(24(32)15-14-20-10-6-5-7-11-20)28(3)25(22)21-12-8-9-13-23(21)29(27(28)34)16-17-36-19(2)31/h5-15,22,25H,4,16-18H2,1-3H3/b15-14+/t22-,25+,28-/m0/s1. The van der Waals surface area contributed by atoms with Gasteiger partial charge in [0.05, 0.1) is 19.1 Å². The van der Waals surface area contributed by atoms with Gasteiger partial charge in [0.15, 0.2) is 0 Å². The van der Waals surface area contributed by atoms with Crippen LogP contribution in [0.3, 0.4) is 0 Å². The van der Waals surface area contributed by atoms with E-state index in [0.29, 0.717) is 5.69 Å². The first kappa shape index (κ1) is 25.2. The predicted molar refractivity (Wildman–Crippen MR) is 134 cm³/mol. The van der Waals surface area contributed by atoms with Gasteiger partial charge in [0.1, 0.15) is 12.1 Å². The number of hydrogen-bond donors (Lipinski definition) is 0. The highest BCUT2D eigenvalue weighted by atomic mass is 16.5. The van der Waals surface area contributed by atoms with Gasteiger partial charge in [0.2, 0.25) is 5.91 Å². The van der Waals surface area contributed by atoms with E-state index in [0.717, 1.165) is 11.1 Å². The number of carbonyl (C=O) groups excluding carboxylic acids is 4. The summed E-state index contributed by atoms with van der Waals surface area (Å²) in [6, 6.07) is 16.7. The smallest absolute Gasteiger partial charge is 0.311 e. The zero-order chi connectivity index (χ0) is 25.9. The molecule has 8 nitrogen and oxygen atoms in total. The second-order valence-corrected chi connectivity index (χ2v) is 9.03. The van der Waals surface area contributed by atoms with Crippen molar-refractivity contribution >= 4 is 35.5 Å². The molecule has 3 atom stereocenters. The second kappa shape index (κ2) is 10.4. The molecular weight excluding hydrogens is 460 g/mol. The number of amides is 2. The molecule has 188 valence electrons. The van der Waals surface area contributed by atoms with Crippen LogP contribution in [0.25, 0.3) is 6.08 Å². The fourth-order valence-electron chi connectivity index (χ4n) is 5.30. The quantitative estimate of drug-likeness (QED) is 0.437. The summed E-state index contributed by atoms with van der Waals surface area (Å²) in [7, 11) is 0. The Balaban J connectivity index is 1.77. The molecule has 0 aliphatic carbocycles. The van der Waals surface area contributed by atoms with Crippen molar-refractivity contribution in [2.45, 2.75) is 32.2 Å². The summed E-state index contributed by atoms with van der Waals surface area (Å²) in [5.74, 6) is -2.86. The number of para-hydroxylation sites is 1. The molecule has 36 heavy (non-hydrogen) atoms. The molecule has 0 spiro atoms. The zero-order valence-electron chi connectivity index (χ0n) is 20.7. The third-order valence-corrected chi connectivity index (χ3v) is 6.88. The number of anilines is 1.